The average molecular weight is 152 g/mol. The predicted octanol–water partition coefficient (Wildman–Crippen LogP) is 1.82. The maximum atomic E-state index is 10.0. The Morgan fingerprint density at radius 2 is 2.27 bits per heavy atom. The van der Waals surface area contributed by atoms with Gasteiger partial charge in [-0.25, -0.2) is 0 Å². The lowest BCUT2D eigenvalue weighted by atomic mass is 10.2. The standard InChI is InChI=1S/C9H12O2/c1-2-3-4-5-6-7-8-9(10)11/h1,4-5H,3,6-8H2,(H,10,11). The molecule has 0 amide bonds. The van der Waals surface area contributed by atoms with Crippen LogP contribution in [0.15, 0.2) is 12.2 Å². The van der Waals surface area contributed by atoms with Gasteiger partial charge in [0.1, 0.15) is 0 Å². The zero-order chi connectivity index (χ0) is 8.53. The van der Waals surface area contributed by atoms with Gasteiger partial charge in [0.25, 0.3) is 0 Å². The van der Waals surface area contributed by atoms with Gasteiger partial charge in [-0.15, -0.1) is 12.3 Å². The molecule has 0 saturated heterocycles. The van der Waals surface area contributed by atoms with E-state index in [1.54, 1.807) is 0 Å². The quantitative estimate of drug-likeness (QED) is 0.370. The minimum absolute atomic E-state index is 0.237. The summed E-state index contributed by atoms with van der Waals surface area (Å²) in [6, 6.07) is 0. The summed E-state index contributed by atoms with van der Waals surface area (Å²) in [4.78, 5) is 10.0. The molecule has 0 rings (SSSR count). The van der Waals surface area contributed by atoms with Crippen molar-refractivity contribution in [3.63, 3.8) is 0 Å². The van der Waals surface area contributed by atoms with E-state index in [9.17, 15) is 4.79 Å². The Labute approximate surface area is 66.9 Å². The van der Waals surface area contributed by atoms with E-state index >= 15 is 0 Å². The summed E-state index contributed by atoms with van der Waals surface area (Å²) in [6.45, 7) is 0. The molecule has 0 aliphatic heterocycles. The largest absolute Gasteiger partial charge is 0.481 e. The Balaban J connectivity index is 3.15. The molecule has 0 unspecified atom stereocenters. The van der Waals surface area contributed by atoms with Crippen molar-refractivity contribution in [3.05, 3.63) is 12.2 Å². The summed E-state index contributed by atoms with van der Waals surface area (Å²) in [5, 5.41) is 8.26. The van der Waals surface area contributed by atoms with E-state index in [0.717, 1.165) is 6.42 Å². The Hall–Kier alpha value is -1.23. The molecular weight excluding hydrogens is 140 g/mol. The number of carboxylic acids is 1. The highest BCUT2D eigenvalue weighted by atomic mass is 16.4. The summed E-state index contributed by atoms with van der Waals surface area (Å²) in [6.07, 6.45) is 11.2. The lowest BCUT2D eigenvalue weighted by Crippen LogP contribution is -1.92. The molecule has 0 radical (unpaired) electrons. The number of rotatable bonds is 5. The highest BCUT2D eigenvalue weighted by Crippen LogP contribution is 1.96. The second-order valence-corrected chi connectivity index (χ2v) is 2.17. The van der Waals surface area contributed by atoms with Crippen molar-refractivity contribution in [1.29, 1.82) is 0 Å². The highest BCUT2D eigenvalue weighted by Gasteiger charge is 1.92. The fourth-order valence-electron chi connectivity index (χ4n) is 0.640. The van der Waals surface area contributed by atoms with Crippen LogP contribution in [-0.2, 0) is 4.79 Å². The molecule has 0 heterocycles. The first-order valence-electron chi connectivity index (χ1n) is 3.57. The third-order valence-electron chi connectivity index (χ3n) is 1.16. The maximum Gasteiger partial charge on any atom is 0.303 e. The van der Waals surface area contributed by atoms with Gasteiger partial charge in [-0.05, 0) is 12.8 Å². The van der Waals surface area contributed by atoms with E-state index in [1.165, 1.54) is 0 Å². The molecule has 0 aromatic carbocycles. The lowest BCUT2D eigenvalue weighted by molar-refractivity contribution is -0.137. The van der Waals surface area contributed by atoms with Crippen LogP contribution in [0.25, 0.3) is 0 Å². The van der Waals surface area contributed by atoms with Crippen LogP contribution in [0.3, 0.4) is 0 Å². The predicted molar refractivity (Wildman–Crippen MR) is 44.1 cm³/mol. The summed E-state index contributed by atoms with van der Waals surface area (Å²) < 4.78 is 0. The zero-order valence-electron chi connectivity index (χ0n) is 6.42. The number of allylic oxidation sites excluding steroid dienone is 2. The number of hydrogen-bond acceptors (Lipinski definition) is 1. The number of unbranched alkanes of at least 4 members (excludes halogenated alkanes) is 1. The van der Waals surface area contributed by atoms with E-state index in [-0.39, 0.29) is 6.42 Å². The van der Waals surface area contributed by atoms with Gasteiger partial charge in [-0.1, -0.05) is 12.2 Å². The van der Waals surface area contributed by atoms with E-state index in [1.807, 2.05) is 12.2 Å². The van der Waals surface area contributed by atoms with Gasteiger partial charge in [0.2, 0.25) is 0 Å². The lowest BCUT2D eigenvalue weighted by Gasteiger charge is -1.88. The summed E-state index contributed by atoms with van der Waals surface area (Å²) in [5.41, 5.74) is 0. The molecule has 0 atom stereocenters. The summed E-state index contributed by atoms with van der Waals surface area (Å²) in [7, 11) is 0. The van der Waals surface area contributed by atoms with Crippen LogP contribution in [0.4, 0.5) is 0 Å². The van der Waals surface area contributed by atoms with Crippen LogP contribution in [0.5, 0.6) is 0 Å². The van der Waals surface area contributed by atoms with Gasteiger partial charge in [0.05, 0.1) is 0 Å². The minimum atomic E-state index is -0.740. The van der Waals surface area contributed by atoms with Crippen LogP contribution >= 0.6 is 0 Å². The Morgan fingerprint density at radius 1 is 1.55 bits per heavy atom. The molecule has 0 aliphatic carbocycles. The average Bonchev–Trinajstić information content (AvgIpc) is 1.96. The van der Waals surface area contributed by atoms with Crippen molar-refractivity contribution >= 4 is 5.97 Å². The van der Waals surface area contributed by atoms with Crippen molar-refractivity contribution in [2.75, 3.05) is 0 Å². The van der Waals surface area contributed by atoms with Crippen LogP contribution in [0.2, 0.25) is 0 Å². The van der Waals surface area contributed by atoms with E-state index in [0.29, 0.717) is 12.8 Å². The Morgan fingerprint density at radius 3 is 2.82 bits per heavy atom. The molecule has 0 aliphatic rings. The first-order chi connectivity index (χ1) is 5.27. The van der Waals surface area contributed by atoms with Crippen LogP contribution in [0.1, 0.15) is 25.7 Å². The first-order valence-corrected chi connectivity index (χ1v) is 3.57. The molecule has 0 aromatic heterocycles. The fraction of sp³-hybridized carbons (Fsp3) is 0.444. The number of terminal acetylenes is 1. The SMILES string of the molecule is C#CCC=CCCCC(=O)O. The molecule has 1 N–H and O–H groups in total. The van der Waals surface area contributed by atoms with Crippen LogP contribution < -0.4 is 0 Å². The van der Waals surface area contributed by atoms with Crippen molar-refractivity contribution in [3.8, 4) is 12.3 Å². The molecule has 11 heavy (non-hydrogen) atoms. The molecule has 2 heteroatoms. The summed E-state index contributed by atoms with van der Waals surface area (Å²) in [5.74, 6) is 1.72. The number of hydrogen-bond donors (Lipinski definition) is 1. The number of carboxylic acid groups (broad SMARTS) is 1. The third-order valence-corrected chi connectivity index (χ3v) is 1.16. The van der Waals surface area contributed by atoms with Gasteiger partial charge < -0.3 is 5.11 Å². The van der Waals surface area contributed by atoms with Gasteiger partial charge in [-0.2, -0.15) is 0 Å². The second kappa shape index (κ2) is 6.88. The molecular formula is C9H12O2. The minimum Gasteiger partial charge on any atom is -0.481 e. The van der Waals surface area contributed by atoms with Gasteiger partial charge in [0, 0.05) is 12.8 Å². The molecule has 0 fully saturated rings. The van der Waals surface area contributed by atoms with E-state index in [2.05, 4.69) is 5.92 Å². The molecule has 2 nitrogen and oxygen atoms in total. The molecule has 0 bridgehead atoms. The molecule has 0 spiro atoms. The van der Waals surface area contributed by atoms with Crippen molar-refractivity contribution in [2.24, 2.45) is 0 Å². The molecule has 0 aromatic rings. The normalized spacial score (nSPS) is 9.73. The van der Waals surface area contributed by atoms with Crippen molar-refractivity contribution in [2.45, 2.75) is 25.7 Å². The molecule has 60 valence electrons. The molecule has 0 saturated carbocycles. The first kappa shape index (κ1) is 9.77. The smallest absolute Gasteiger partial charge is 0.303 e. The highest BCUT2D eigenvalue weighted by molar-refractivity contribution is 5.66. The van der Waals surface area contributed by atoms with Crippen LogP contribution in [-0.4, -0.2) is 11.1 Å². The monoisotopic (exact) mass is 152 g/mol. The van der Waals surface area contributed by atoms with Crippen LogP contribution in [0, 0.1) is 12.3 Å². The Bertz CT molecular complexity index is 174. The summed E-state index contributed by atoms with van der Waals surface area (Å²) >= 11 is 0. The number of aliphatic carboxylic acids is 1. The fourth-order valence-corrected chi connectivity index (χ4v) is 0.640. The van der Waals surface area contributed by atoms with Gasteiger partial charge >= 0.3 is 5.97 Å². The third kappa shape index (κ3) is 8.77. The topological polar surface area (TPSA) is 37.3 Å². The number of carbonyl (C=O) groups is 1. The van der Waals surface area contributed by atoms with E-state index in [4.69, 9.17) is 11.5 Å². The second-order valence-electron chi connectivity index (χ2n) is 2.17. The maximum absolute atomic E-state index is 10.0. The van der Waals surface area contributed by atoms with Crippen molar-refractivity contribution in [1.82, 2.24) is 0 Å². The van der Waals surface area contributed by atoms with Gasteiger partial charge in [0.15, 0.2) is 0 Å². The Kier molecular flexibility index (Phi) is 6.11. The zero-order valence-corrected chi connectivity index (χ0v) is 6.42. The van der Waals surface area contributed by atoms with E-state index < -0.39 is 5.97 Å². The van der Waals surface area contributed by atoms with Crippen molar-refractivity contribution < 1.29 is 9.90 Å². The van der Waals surface area contributed by atoms with Gasteiger partial charge in [-0.3, -0.25) is 4.79 Å².